The minimum atomic E-state index is -0.268. The zero-order valence-electron chi connectivity index (χ0n) is 6.59. The van der Waals surface area contributed by atoms with Gasteiger partial charge in [-0.1, -0.05) is 11.8 Å². The van der Waals surface area contributed by atoms with Crippen LogP contribution in [0.2, 0.25) is 0 Å². The minimum Gasteiger partial charge on any atom is -0.380 e. The third-order valence-electron chi connectivity index (χ3n) is 1.11. The van der Waals surface area contributed by atoms with Crippen molar-refractivity contribution in [1.82, 2.24) is 4.90 Å². The van der Waals surface area contributed by atoms with Gasteiger partial charge in [0.25, 0.3) is 0 Å². The van der Waals surface area contributed by atoms with Gasteiger partial charge in [-0.15, -0.1) is 0 Å². The number of hydrogen-bond acceptors (Lipinski definition) is 3. The average Bonchev–Trinajstić information content (AvgIpc) is 2.01. The Morgan fingerprint density at radius 1 is 1.64 bits per heavy atom. The molecule has 0 aromatic rings. The molecule has 0 radical (unpaired) electrons. The standard InChI is InChI=1S/C7H13FN2S/c1-10(4-2-3-8)5-6-11-7-9/h5-7,9H,2-4H2,1H3/b6-5-,9-7?. The van der Waals surface area contributed by atoms with Crippen molar-refractivity contribution in [3.05, 3.63) is 11.6 Å². The molecule has 0 spiro atoms. The van der Waals surface area contributed by atoms with E-state index in [1.54, 1.807) is 5.41 Å². The van der Waals surface area contributed by atoms with Crippen molar-refractivity contribution >= 4 is 17.3 Å². The first-order chi connectivity index (χ1) is 5.31. The van der Waals surface area contributed by atoms with Crippen molar-refractivity contribution in [2.45, 2.75) is 6.42 Å². The van der Waals surface area contributed by atoms with E-state index < -0.39 is 0 Å². The Morgan fingerprint density at radius 2 is 2.36 bits per heavy atom. The number of nitrogens with zero attached hydrogens (tertiary/aromatic N) is 1. The molecule has 0 saturated carbocycles. The van der Waals surface area contributed by atoms with Gasteiger partial charge in [-0.2, -0.15) is 0 Å². The maximum Gasteiger partial charge on any atom is 0.0911 e. The van der Waals surface area contributed by atoms with Crippen LogP contribution in [0.3, 0.4) is 0 Å². The Labute approximate surface area is 71.0 Å². The van der Waals surface area contributed by atoms with Crippen molar-refractivity contribution in [3.63, 3.8) is 0 Å². The number of alkyl halides is 1. The number of halogens is 1. The maximum atomic E-state index is 11.6. The van der Waals surface area contributed by atoms with Crippen LogP contribution in [0.15, 0.2) is 11.6 Å². The van der Waals surface area contributed by atoms with Gasteiger partial charge in [0.15, 0.2) is 0 Å². The molecule has 0 heterocycles. The summed E-state index contributed by atoms with van der Waals surface area (Å²) in [6.45, 7) is 0.460. The molecule has 0 aromatic heterocycles. The van der Waals surface area contributed by atoms with Gasteiger partial charge in [-0.3, -0.25) is 4.39 Å². The van der Waals surface area contributed by atoms with Crippen LogP contribution in [0.25, 0.3) is 0 Å². The highest BCUT2D eigenvalue weighted by Crippen LogP contribution is 1.97. The molecule has 2 nitrogen and oxygen atoms in total. The average molecular weight is 176 g/mol. The maximum absolute atomic E-state index is 11.6. The van der Waals surface area contributed by atoms with Crippen LogP contribution in [0.4, 0.5) is 4.39 Å². The smallest absolute Gasteiger partial charge is 0.0911 e. The largest absolute Gasteiger partial charge is 0.380 e. The number of hydrogen-bond donors (Lipinski definition) is 1. The topological polar surface area (TPSA) is 27.1 Å². The van der Waals surface area contributed by atoms with Crippen molar-refractivity contribution in [1.29, 1.82) is 5.41 Å². The van der Waals surface area contributed by atoms with Gasteiger partial charge in [0.2, 0.25) is 0 Å². The van der Waals surface area contributed by atoms with E-state index in [4.69, 9.17) is 5.41 Å². The van der Waals surface area contributed by atoms with Gasteiger partial charge in [0, 0.05) is 19.8 Å². The molecule has 0 aliphatic rings. The number of nitrogens with one attached hydrogen (secondary N) is 1. The lowest BCUT2D eigenvalue weighted by Gasteiger charge is -2.11. The van der Waals surface area contributed by atoms with Crippen LogP contribution in [0, 0.1) is 5.41 Å². The molecule has 0 amide bonds. The zero-order chi connectivity index (χ0) is 8.53. The predicted octanol–water partition coefficient (Wildman–Crippen LogP) is 2.09. The molecule has 0 saturated heterocycles. The van der Waals surface area contributed by atoms with Crippen molar-refractivity contribution in [2.75, 3.05) is 20.3 Å². The van der Waals surface area contributed by atoms with Crippen LogP contribution in [-0.4, -0.2) is 30.7 Å². The highest BCUT2D eigenvalue weighted by Gasteiger charge is 1.88. The van der Waals surface area contributed by atoms with E-state index >= 15 is 0 Å². The molecular formula is C7H13FN2S. The van der Waals surface area contributed by atoms with E-state index in [0.29, 0.717) is 6.42 Å². The van der Waals surface area contributed by atoms with Gasteiger partial charge < -0.3 is 10.3 Å². The molecule has 0 aliphatic carbocycles. The van der Waals surface area contributed by atoms with Gasteiger partial charge in [-0.25, -0.2) is 0 Å². The second-order valence-electron chi connectivity index (χ2n) is 2.06. The lowest BCUT2D eigenvalue weighted by atomic mass is 10.4. The van der Waals surface area contributed by atoms with Crippen LogP contribution in [-0.2, 0) is 0 Å². The normalized spacial score (nSPS) is 10.4. The highest BCUT2D eigenvalue weighted by atomic mass is 32.2. The fourth-order valence-corrected chi connectivity index (χ4v) is 0.919. The fourth-order valence-electron chi connectivity index (χ4n) is 0.562. The fraction of sp³-hybridized carbons (Fsp3) is 0.571. The summed E-state index contributed by atoms with van der Waals surface area (Å²) in [6, 6.07) is 0. The molecule has 4 heteroatoms. The van der Waals surface area contributed by atoms with Gasteiger partial charge >= 0.3 is 0 Å². The molecule has 0 bridgehead atoms. The first-order valence-electron chi connectivity index (χ1n) is 3.38. The van der Waals surface area contributed by atoms with Crippen molar-refractivity contribution < 1.29 is 4.39 Å². The summed E-state index contributed by atoms with van der Waals surface area (Å²) in [5.41, 5.74) is 1.25. The highest BCUT2D eigenvalue weighted by molar-refractivity contribution is 8.14. The summed E-state index contributed by atoms with van der Waals surface area (Å²) in [7, 11) is 1.89. The van der Waals surface area contributed by atoms with Crippen LogP contribution in [0.5, 0.6) is 0 Å². The summed E-state index contributed by atoms with van der Waals surface area (Å²) in [4.78, 5) is 1.90. The van der Waals surface area contributed by atoms with Gasteiger partial charge in [0.05, 0.1) is 12.2 Å². The molecule has 11 heavy (non-hydrogen) atoms. The predicted molar refractivity (Wildman–Crippen MR) is 48.7 cm³/mol. The lowest BCUT2D eigenvalue weighted by Crippen LogP contribution is -2.12. The summed E-state index contributed by atoms with van der Waals surface area (Å²) in [5.74, 6) is 0. The Kier molecular flexibility index (Phi) is 7.24. The second-order valence-corrected chi connectivity index (χ2v) is 2.84. The third-order valence-corrected chi connectivity index (χ3v) is 1.52. The van der Waals surface area contributed by atoms with Crippen LogP contribution in [0.1, 0.15) is 6.42 Å². The Morgan fingerprint density at radius 3 is 2.91 bits per heavy atom. The minimum absolute atomic E-state index is 0.268. The molecule has 1 N–H and O–H groups in total. The molecule has 0 aromatic carbocycles. The number of thioether (sulfide) groups is 1. The zero-order valence-corrected chi connectivity index (χ0v) is 7.40. The number of rotatable bonds is 6. The third kappa shape index (κ3) is 7.39. The molecule has 0 aliphatic heterocycles. The monoisotopic (exact) mass is 176 g/mol. The quantitative estimate of drug-likeness (QED) is 0.495. The van der Waals surface area contributed by atoms with E-state index in [2.05, 4.69) is 0 Å². The Hall–Kier alpha value is -0.510. The Bertz CT molecular complexity index is 128. The molecule has 0 unspecified atom stereocenters. The van der Waals surface area contributed by atoms with Crippen molar-refractivity contribution in [3.8, 4) is 0 Å². The molecule has 64 valence electrons. The first-order valence-corrected chi connectivity index (χ1v) is 4.33. The van der Waals surface area contributed by atoms with E-state index in [0.717, 1.165) is 6.54 Å². The molecule has 0 atom stereocenters. The summed E-state index contributed by atoms with van der Waals surface area (Å²) >= 11 is 1.30. The lowest BCUT2D eigenvalue weighted by molar-refractivity contribution is 0.389. The van der Waals surface area contributed by atoms with Crippen molar-refractivity contribution in [2.24, 2.45) is 0 Å². The molecule has 0 fully saturated rings. The first kappa shape index (κ1) is 10.5. The summed E-state index contributed by atoms with van der Waals surface area (Å²) < 4.78 is 11.6. The van der Waals surface area contributed by atoms with E-state index in [9.17, 15) is 4.39 Å². The second kappa shape index (κ2) is 7.60. The summed E-state index contributed by atoms with van der Waals surface area (Å²) in [5, 5.41) is 8.49. The van der Waals surface area contributed by atoms with Gasteiger partial charge in [-0.05, 0) is 11.8 Å². The van der Waals surface area contributed by atoms with Crippen LogP contribution >= 0.6 is 11.8 Å². The SMILES string of the molecule is CN(/C=C\SC=N)CCCF. The summed E-state index contributed by atoms with van der Waals surface area (Å²) in [6.07, 6.45) is 2.40. The Balaban J connectivity index is 3.34. The molecule has 0 rings (SSSR count). The van der Waals surface area contributed by atoms with E-state index in [1.807, 2.05) is 18.1 Å². The molecular weight excluding hydrogens is 163 g/mol. The van der Waals surface area contributed by atoms with E-state index in [-0.39, 0.29) is 6.67 Å². The van der Waals surface area contributed by atoms with E-state index in [1.165, 1.54) is 17.3 Å². The van der Waals surface area contributed by atoms with Crippen LogP contribution < -0.4 is 0 Å². The van der Waals surface area contributed by atoms with Gasteiger partial charge in [0.1, 0.15) is 0 Å².